The highest BCUT2D eigenvalue weighted by molar-refractivity contribution is 7.89. The van der Waals surface area contributed by atoms with Crippen LogP contribution in [-0.2, 0) is 10.0 Å². The predicted molar refractivity (Wildman–Crippen MR) is 86.4 cm³/mol. The number of nitrogens with one attached hydrogen (secondary N) is 1. The van der Waals surface area contributed by atoms with Gasteiger partial charge in [0.2, 0.25) is 10.0 Å². The molecule has 22 heavy (non-hydrogen) atoms. The minimum atomic E-state index is -3.45. The molecule has 5 nitrogen and oxygen atoms in total. The minimum absolute atomic E-state index is 0. The van der Waals surface area contributed by atoms with E-state index in [1.165, 1.54) is 0 Å². The molecule has 2 heterocycles. The maximum atomic E-state index is 12.7. The fourth-order valence-electron chi connectivity index (χ4n) is 3.31. The lowest BCUT2D eigenvalue weighted by Gasteiger charge is -2.22. The molecule has 2 saturated heterocycles. The lowest BCUT2D eigenvalue weighted by atomic mass is 9.87. The fourth-order valence-corrected chi connectivity index (χ4v) is 4.95. The maximum Gasteiger partial charge on any atom is 0.243 e. The van der Waals surface area contributed by atoms with Crippen LogP contribution in [-0.4, -0.2) is 38.9 Å². The normalized spacial score (nSPS) is 25.1. The largest absolute Gasteiger partial charge is 0.316 e. The van der Waals surface area contributed by atoms with E-state index >= 15 is 0 Å². The lowest BCUT2D eigenvalue weighted by molar-refractivity contribution is 0.338. The number of nitriles is 1. The van der Waals surface area contributed by atoms with Gasteiger partial charge in [-0.05, 0) is 55.5 Å². The molecule has 1 atom stereocenters. The number of hydrogen-bond acceptors (Lipinski definition) is 4. The quantitative estimate of drug-likeness (QED) is 0.888. The number of rotatable bonds is 2. The molecule has 1 spiro atoms. The molecule has 3 rings (SSSR count). The number of hydrogen-bond donors (Lipinski definition) is 1. The van der Waals surface area contributed by atoms with Crippen molar-refractivity contribution in [3.8, 4) is 6.07 Å². The summed E-state index contributed by atoms with van der Waals surface area (Å²) in [6, 6.07) is 6.80. The Labute approximate surface area is 137 Å². The second-order valence-electron chi connectivity index (χ2n) is 6.10. The third-order valence-electron chi connectivity index (χ3n) is 4.69. The van der Waals surface area contributed by atoms with E-state index in [-0.39, 0.29) is 17.8 Å². The molecule has 7 heteroatoms. The van der Waals surface area contributed by atoms with Gasteiger partial charge >= 0.3 is 0 Å². The molecule has 0 radical (unpaired) electrons. The maximum absolute atomic E-state index is 12.7. The third-order valence-corrected chi connectivity index (χ3v) is 6.53. The molecule has 1 aromatic carbocycles. The zero-order valence-electron chi connectivity index (χ0n) is 12.5. The Kier molecular flexibility index (Phi) is 4.83. The Morgan fingerprint density at radius 2 is 2.14 bits per heavy atom. The van der Waals surface area contributed by atoms with Gasteiger partial charge in [-0.25, -0.2) is 8.42 Å². The second-order valence-corrected chi connectivity index (χ2v) is 8.04. The summed E-state index contributed by atoms with van der Waals surface area (Å²) < 4.78 is 27.1. The summed E-state index contributed by atoms with van der Waals surface area (Å²) in [5.74, 6) is 0. The molecular weight excluding hydrogens is 322 g/mol. The first kappa shape index (κ1) is 17.2. The first-order valence-electron chi connectivity index (χ1n) is 7.19. The Morgan fingerprint density at radius 3 is 2.73 bits per heavy atom. The van der Waals surface area contributed by atoms with Crippen LogP contribution in [0.15, 0.2) is 23.1 Å². The fraction of sp³-hybridized carbons (Fsp3) is 0.533. The van der Waals surface area contributed by atoms with Gasteiger partial charge in [0.1, 0.15) is 0 Å². The van der Waals surface area contributed by atoms with E-state index in [9.17, 15) is 8.42 Å². The molecular formula is C15H20ClN3O2S. The van der Waals surface area contributed by atoms with Crippen LogP contribution in [0.3, 0.4) is 0 Å². The van der Waals surface area contributed by atoms with Crippen molar-refractivity contribution >= 4 is 22.4 Å². The molecule has 0 bridgehead atoms. The van der Waals surface area contributed by atoms with Gasteiger partial charge in [0, 0.05) is 19.6 Å². The van der Waals surface area contributed by atoms with Crippen molar-refractivity contribution in [1.82, 2.24) is 9.62 Å². The number of aryl methyl sites for hydroxylation is 1. The zero-order valence-corrected chi connectivity index (χ0v) is 14.1. The van der Waals surface area contributed by atoms with E-state index in [4.69, 9.17) is 5.26 Å². The van der Waals surface area contributed by atoms with Crippen LogP contribution in [0.1, 0.15) is 24.0 Å². The summed E-state index contributed by atoms with van der Waals surface area (Å²) in [7, 11) is -3.45. The van der Waals surface area contributed by atoms with Crippen molar-refractivity contribution in [1.29, 1.82) is 5.26 Å². The van der Waals surface area contributed by atoms with E-state index in [0.717, 1.165) is 25.9 Å². The summed E-state index contributed by atoms with van der Waals surface area (Å²) in [6.45, 7) is 4.84. The smallest absolute Gasteiger partial charge is 0.243 e. The highest BCUT2D eigenvalue weighted by atomic mass is 35.5. The van der Waals surface area contributed by atoms with Crippen molar-refractivity contribution in [2.45, 2.75) is 24.7 Å². The van der Waals surface area contributed by atoms with Crippen LogP contribution in [0.2, 0.25) is 0 Å². The molecule has 2 fully saturated rings. The van der Waals surface area contributed by atoms with Gasteiger partial charge in [-0.3, -0.25) is 0 Å². The van der Waals surface area contributed by atoms with E-state index in [1.807, 2.05) is 0 Å². The van der Waals surface area contributed by atoms with Crippen LogP contribution < -0.4 is 5.32 Å². The molecule has 1 N–H and O–H groups in total. The average Bonchev–Trinajstić information content (AvgIpc) is 3.10. The van der Waals surface area contributed by atoms with Gasteiger partial charge in [-0.15, -0.1) is 12.4 Å². The summed E-state index contributed by atoms with van der Waals surface area (Å²) in [5, 5.41) is 12.3. The SMILES string of the molecule is Cc1cc(S(=O)(=O)N2CCC3(CCNC3)C2)ccc1C#N.Cl. The van der Waals surface area contributed by atoms with Crippen molar-refractivity contribution in [3.05, 3.63) is 29.3 Å². The monoisotopic (exact) mass is 341 g/mol. The van der Waals surface area contributed by atoms with Gasteiger partial charge < -0.3 is 5.32 Å². The Balaban J connectivity index is 0.00000176. The lowest BCUT2D eigenvalue weighted by Crippen LogP contribution is -2.33. The summed E-state index contributed by atoms with van der Waals surface area (Å²) in [5.41, 5.74) is 1.34. The Hall–Kier alpha value is -1.13. The Morgan fingerprint density at radius 1 is 1.36 bits per heavy atom. The van der Waals surface area contributed by atoms with Crippen LogP contribution in [0, 0.1) is 23.7 Å². The first-order valence-corrected chi connectivity index (χ1v) is 8.63. The first-order chi connectivity index (χ1) is 9.97. The van der Waals surface area contributed by atoms with E-state index in [0.29, 0.717) is 29.1 Å². The standard InChI is InChI=1S/C15H19N3O2S.ClH/c1-12-8-14(3-2-13(12)9-16)21(19,20)18-7-5-15(11-18)4-6-17-10-15;/h2-3,8,17H,4-7,10-11H2,1H3;1H. The molecule has 0 aromatic heterocycles. The number of nitrogens with zero attached hydrogens (tertiary/aromatic N) is 2. The van der Waals surface area contributed by atoms with Crippen LogP contribution in [0.25, 0.3) is 0 Å². The molecule has 2 aliphatic rings. The predicted octanol–water partition coefficient (Wildman–Crippen LogP) is 1.66. The summed E-state index contributed by atoms with van der Waals surface area (Å²) in [4.78, 5) is 0.294. The molecule has 2 aliphatic heterocycles. The summed E-state index contributed by atoms with van der Waals surface area (Å²) >= 11 is 0. The number of halogens is 1. The molecule has 1 unspecified atom stereocenters. The number of benzene rings is 1. The van der Waals surface area contributed by atoms with Crippen molar-refractivity contribution in [2.24, 2.45) is 5.41 Å². The van der Waals surface area contributed by atoms with Crippen molar-refractivity contribution in [3.63, 3.8) is 0 Å². The minimum Gasteiger partial charge on any atom is -0.316 e. The van der Waals surface area contributed by atoms with Gasteiger partial charge in [0.15, 0.2) is 0 Å². The number of sulfonamides is 1. The molecule has 0 saturated carbocycles. The highest BCUT2D eigenvalue weighted by Gasteiger charge is 2.44. The van der Waals surface area contributed by atoms with Crippen LogP contribution in [0.4, 0.5) is 0 Å². The highest BCUT2D eigenvalue weighted by Crippen LogP contribution is 2.38. The van der Waals surface area contributed by atoms with Crippen LogP contribution >= 0.6 is 12.4 Å². The summed E-state index contributed by atoms with van der Waals surface area (Å²) in [6.07, 6.45) is 1.97. The molecule has 0 aliphatic carbocycles. The van der Waals surface area contributed by atoms with Gasteiger partial charge in [0.05, 0.1) is 16.5 Å². The van der Waals surface area contributed by atoms with Crippen LogP contribution in [0.5, 0.6) is 0 Å². The average molecular weight is 342 g/mol. The topological polar surface area (TPSA) is 73.2 Å². The van der Waals surface area contributed by atoms with E-state index in [1.54, 1.807) is 29.4 Å². The van der Waals surface area contributed by atoms with Gasteiger partial charge in [0.25, 0.3) is 0 Å². The van der Waals surface area contributed by atoms with Gasteiger partial charge in [-0.1, -0.05) is 0 Å². The van der Waals surface area contributed by atoms with Crippen molar-refractivity contribution in [2.75, 3.05) is 26.2 Å². The van der Waals surface area contributed by atoms with E-state index < -0.39 is 10.0 Å². The van der Waals surface area contributed by atoms with Crippen molar-refractivity contribution < 1.29 is 8.42 Å². The molecule has 120 valence electrons. The molecule has 1 aromatic rings. The third kappa shape index (κ3) is 2.86. The zero-order chi connectivity index (χ0) is 15.1. The Bertz CT molecular complexity index is 706. The second kappa shape index (κ2) is 6.17. The molecule has 0 amide bonds. The van der Waals surface area contributed by atoms with E-state index in [2.05, 4.69) is 11.4 Å². The van der Waals surface area contributed by atoms with Gasteiger partial charge in [-0.2, -0.15) is 9.57 Å².